The summed E-state index contributed by atoms with van der Waals surface area (Å²) in [5, 5.41) is 12.0. The van der Waals surface area contributed by atoms with Gasteiger partial charge in [0.05, 0.1) is 18.6 Å². The van der Waals surface area contributed by atoms with Crippen molar-refractivity contribution in [2.75, 3.05) is 7.11 Å². The molecule has 0 aliphatic heterocycles. The highest BCUT2D eigenvalue weighted by molar-refractivity contribution is 5.95. The molecule has 2 atom stereocenters. The molecule has 1 aromatic carbocycles. The SMILES string of the molecule is COc1cccc(C(=O)N[C@H]2CCCCC[C@H]2C(=O)O)c1F. The van der Waals surface area contributed by atoms with Crippen LogP contribution in [0, 0.1) is 11.7 Å². The van der Waals surface area contributed by atoms with Crippen molar-refractivity contribution in [1.29, 1.82) is 0 Å². The standard InChI is InChI=1S/C16H20FNO4/c1-22-13-9-5-7-11(14(13)17)15(19)18-12-8-4-2-3-6-10(12)16(20)21/h5,7,9-10,12H,2-4,6,8H2,1H3,(H,18,19)(H,20,21)/t10-,12+/m1/s1. The van der Waals surface area contributed by atoms with E-state index in [1.165, 1.54) is 25.3 Å². The molecule has 2 N–H and O–H groups in total. The highest BCUT2D eigenvalue weighted by atomic mass is 19.1. The molecular weight excluding hydrogens is 289 g/mol. The second kappa shape index (κ2) is 7.24. The number of ether oxygens (including phenoxy) is 1. The van der Waals surface area contributed by atoms with Gasteiger partial charge < -0.3 is 15.2 Å². The zero-order valence-electron chi connectivity index (χ0n) is 12.5. The van der Waals surface area contributed by atoms with E-state index in [2.05, 4.69) is 5.32 Å². The Kier molecular flexibility index (Phi) is 5.35. The lowest BCUT2D eigenvalue weighted by Crippen LogP contribution is -2.43. The number of methoxy groups -OCH3 is 1. The molecule has 1 fully saturated rings. The number of carboxylic acid groups (broad SMARTS) is 1. The Balaban J connectivity index is 2.17. The van der Waals surface area contributed by atoms with Crippen LogP contribution in [0.3, 0.4) is 0 Å². The Bertz CT molecular complexity index is 561. The maximum Gasteiger partial charge on any atom is 0.308 e. The minimum absolute atomic E-state index is 0.0108. The van der Waals surface area contributed by atoms with Crippen LogP contribution in [0.25, 0.3) is 0 Å². The first-order valence-corrected chi connectivity index (χ1v) is 7.40. The van der Waals surface area contributed by atoms with Gasteiger partial charge in [-0.2, -0.15) is 0 Å². The van der Waals surface area contributed by atoms with E-state index < -0.39 is 29.7 Å². The number of nitrogens with one attached hydrogen (secondary N) is 1. The summed E-state index contributed by atoms with van der Waals surface area (Å²) in [7, 11) is 1.33. The third-order valence-electron chi connectivity index (χ3n) is 4.08. The van der Waals surface area contributed by atoms with E-state index >= 15 is 0 Å². The van der Waals surface area contributed by atoms with Gasteiger partial charge in [-0.25, -0.2) is 4.39 Å². The molecule has 0 heterocycles. The van der Waals surface area contributed by atoms with E-state index in [-0.39, 0.29) is 11.3 Å². The Morgan fingerprint density at radius 1 is 1.27 bits per heavy atom. The average Bonchev–Trinajstić information content (AvgIpc) is 2.72. The minimum atomic E-state index is -0.918. The molecule has 1 aromatic rings. The van der Waals surface area contributed by atoms with Crippen LogP contribution >= 0.6 is 0 Å². The van der Waals surface area contributed by atoms with Gasteiger partial charge in [-0.05, 0) is 25.0 Å². The topological polar surface area (TPSA) is 75.6 Å². The van der Waals surface area contributed by atoms with Crippen molar-refractivity contribution in [3.8, 4) is 5.75 Å². The van der Waals surface area contributed by atoms with Crippen LogP contribution in [0.15, 0.2) is 18.2 Å². The molecule has 0 spiro atoms. The van der Waals surface area contributed by atoms with E-state index in [0.717, 1.165) is 19.3 Å². The molecule has 0 unspecified atom stereocenters. The van der Waals surface area contributed by atoms with Gasteiger partial charge in [0.2, 0.25) is 0 Å². The summed E-state index contributed by atoms with van der Waals surface area (Å²) in [4.78, 5) is 23.6. The van der Waals surface area contributed by atoms with Crippen molar-refractivity contribution < 1.29 is 23.8 Å². The number of carbonyl (C=O) groups excluding carboxylic acids is 1. The Hall–Kier alpha value is -2.11. The first-order chi connectivity index (χ1) is 10.5. The van der Waals surface area contributed by atoms with Gasteiger partial charge in [0.25, 0.3) is 5.91 Å². The van der Waals surface area contributed by atoms with E-state index in [0.29, 0.717) is 12.8 Å². The number of hydrogen-bond acceptors (Lipinski definition) is 3. The number of halogens is 1. The summed E-state index contributed by atoms with van der Waals surface area (Å²) in [6, 6.07) is 3.84. The second-order valence-corrected chi connectivity index (χ2v) is 5.48. The third-order valence-corrected chi connectivity index (χ3v) is 4.08. The fraction of sp³-hybridized carbons (Fsp3) is 0.500. The lowest BCUT2D eigenvalue weighted by Gasteiger charge is -2.23. The summed E-state index contributed by atoms with van der Waals surface area (Å²) < 4.78 is 19.0. The third kappa shape index (κ3) is 3.55. The van der Waals surface area contributed by atoms with Crippen molar-refractivity contribution in [3.05, 3.63) is 29.6 Å². The van der Waals surface area contributed by atoms with Crippen molar-refractivity contribution in [2.45, 2.75) is 38.1 Å². The van der Waals surface area contributed by atoms with Gasteiger partial charge in [-0.3, -0.25) is 9.59 Å². The first-order valence-electron chi connectivity index (χ1n) is 7.40. The lowest BCUT2D eigenvalue weighted by molar-refractivity contribution is -0.142. The molecule has 0 saturated heterocycles. The number of amides is 1. The number of benzene rings is 1. The van der Waals surface area contributed by atoms with Crippen LogP contribution in [0.4, 0.5) is 4.39 Å². The van der Waals surface area contributed by atoms with Gasteiger partial charge in [0.1, 0.15) is 0 Å². The Morgan fingerprint density at radius 3 is 2.68 bits per heavy atom. The highest BCUT2D eigenvalue weighted by Crippen LogP contribution is 2.25. The van der Waals surface area contributed by atoms with Crippen LogP contribution in [-0.2, 0) is 4.79 Å². The van der Waals surface area contributed by atoms with Gasteiger partial charge in [-0.15, -0.1) is 0 Å². The van der Waals surface area contributed by atoms with E-state index in [9.17, 15) is 19.1 Å². The Labute approximate surface area is 128 Å². The van der Waals surface area contributed by atoms with Crippen LogP contribution in [0.2, 0.25) is 0 Å². The summed E-state index contributed by atoms with van der Waals surface area (Å²) in [6.45, 7) is 0. The van der Waals surface area contributed by atoms with Crippen molar-refractivity contribution in [2.24, 2.45) is 5.92 Å². The second-order valence-electron chi connectivity index (χ2n) is 5.48. The lowest BCUT2D eigenvalue weighted by atomic mass is 9.94. The van der Waals surface area contributed by atoms with Crippen molar-refractivity contribution in [1.82, 2.24) is 5.32 Å². The van der Waals surface area contributed by atoms with Crippen molar-refractivity contribution >= 4 is 11.9 Å². The molecule has 6 heteroatoms. The zero-order chi connectivity index (χ0) is 16.1. The van der Waals surface area contributed by atoms with Crippen LogP contribution in [-0.4, -0.2) is 30.1 Å². The Morgan fingerprint density at radius 2 is 2.00 bits per heavy atom. The molecule has 22 heavy (non-hydrogen) atoms. The predicted molar refractivity (Wildman–Crippen MR) is 78.4 cm³/mol. The molecular formula is C16H20FNO4. The normalized spacial score (nSPS) is 21.7. The molecule has 1 aliphatic rings. The highest BCUT2D eigenvalue weighted by Gasteiger charge is 2.31. The van der Waals surface area contributed by atoms with Crippen LogP contribution < -0.4 is 10.1 Å². The van der Waals surface area contributed by atoms with E-state index in [4.69, 9.17) is 4.74 Å². The van der Waals surface area contributed by atoms with Gasteiger partial charge in [-0.1, -0.05) is 25.3 Å². The molecule has 1 amide bonds. The average molecular weight is 309 g/mol. The maximum absolute atomic E-state index is 14.1. The summed E-state index contributed by atoms with van der Waals surface area (Å²) >= 11 is 0. The summed E-state index contributed by atoms with van der Waals surface area (Å²) in [5.74, 6) is -2.89. The van der Waals surface area contributed by atoms with Crippen LogP contribution in [0.5, 0.6) is 5.75 Å². The zero-order valence-corrected chi connectivity index (χ0v) is 12.5. The van der Waals surface area contributed by atoms with Crippen molar-refractivity contribution in [3.63, 3.8) is 0 Å². The molecule has 2 rings (SSSR count). The van der Waals surface area contributed by atoms with Gasteiger partial charge >= 0.3 is 5.97 Å². The van der Waals surface area contributed by atoms with Gasteiger partial charge in [0, 0.05) is 6.04 Å². The number of hydrogen-bond donors (Lipinski definition) is 2. The minimum Gasteiger partial charge on any atom is -0.494 e. The monoisotopic (exact) mass is 309 g/mol. The maximum atomic E-state index is 14.1. The molecule has 5 nitrogen and oxygen atoms in total. The summed E-state index contributed by atoms with van der Waals surface area (Å²) in [5.41, 5.74) is -0.132. The first kappa shape index (κ1) is 16.3. The van der Waals surface area contributed by atoms with Gasteiger partial charge in [0.15, 0.2) is 11.6 Å². The number of rotatable bonds is 4. The molecule has 1 saturated carbocycles. The number of aliphatic carboxylic acids is 1. The fourth-order valence-electron chi connectivity index (χ4n) is 2.87. The molecule has 120 valence electrons. The van der Waals surface area contributed by atoms with E-state index in [1.807, 2.05) is 0 Å². The molecule has 1 aliphatic carbocycles. The molecule has 0 radical (unpaired) electrons. The molecule has 0 aromatic heterocycles. The largest absolute Gasteiger partial charge is 0.494 e. The number of carbonyl (C=O) groups is 2. The number of carboxylic acids is 1. The quantitative estimate of drug-likeness (QED) is 0.838. The predicted octanol–water partition coefficient (Wildman–Crippen LogP) is 2.60. The molecule has 0 bridgehead atoms. The fourth-order valence-corrected chi connectivity index (χ4v) is 2.87. The van der Waals surface area contributed by atoms with Crippen LogP contribution in [0.1, 0.15) is 42.5 Å². The smallest absolute Gasteiger partial charge is 0.308 e. The van der Waals surface area contributed by atoms with E-state index in [1.54, 1.807) is 0 Å². The summed E-state index contributed by atoms with van der Waals surface area (Å²) in [6.07, 6.45) is 3.75.